The molecule has 1 fully saturated rings. The standard InChI is InChI=1S/C17H20F2N8O.C2HF3O2/c1-25-9-12(14(23-25)15(18)19)22-16(28)13-5-4-11-7-21-17(24-27(11)13)26-6-2-3-10(20)8-26;3-2(4,5)1(6)7/h4-5,7,9-10,15H,2-3,6,8,20H2,1H3,(H,22,28);(H,6,7)/t10-;/m1./s1. The van der Waals surface area contributed by atoms with Crippen LogP contribution in [-0.2, 0) is 11.8 Å². The number of piperidine rings is 1. The quantitative estimate of drug-likeness (QED) is 0.459. The molecule has 11 nitrogen and oxygen atoms in total. The molecular formula is C19H21F5N8O3. The molecule has 4 heterocycles. The Morgan fingerprint density at radius 2 is 1.94 bits per heavy atom. The van der Waals surface area contributed by atoms with Crippen LogP contribution in [-0.4, -0.2) is 66.7 Å². The maximum Gasteiger partial charge on any atom is 0.490 e. The van der Waals surface area contributed by atoms with Crippen molar-refractivity contribution in [2.45, 2.75) is 31.5 Å². The number of carboxylic acid groups (broad SMARTS) is 1. The number of carbonyl (C=O) groups excluding carboxylic acids is 1. The van der Waals surface area contributed by atoms with Crippen molar-refractivity contribution < 1.29 is 36.6 Å². The van der Waals surface area contributed by atoms with E-state index in [4.69, 9.17) is 15.6 Å². The minimum Gasteiger partial charge on any atom is -0.475 e. The van der Waals surface area contributed by atoms with Crippen molar-refractivity contribution in [3.05, 3.63) is 35.9 Å². The van der Waals surface area contributed by atoms with Gasteiger partial charge in [0.15, 0.2) is 5.69 Å². The van der Waals surface area contributed by atoms with E-state index in [0.29, 0.717) is 18.0 Å². The van der Waals surface area contributed by atoms with Crippen LogP contribution in [0.25, 0.3) is 5.52 Å². The summed E-state index contributed by atoms with van der Waals surface area (Å²) in [4.78, 5) is 27.9. The van der Waals surface area contributed by atoms with Crippen molar-refractivity contribution in [2.24, 2.45) is 12.8 Å². The van der Waals surface area contributed by atoms with E-state index in [2.05, 4.69) is 20.5 Å². The van der Waals surface area contributed by atoms with Crippen LogP contribution in [0.3, 0.4) is 0 Å². The van der Waals surface area contributed by atoms with Crippen LogP contribution in [0.2, 0.25) is 0 Å². The summed E-state index contributed by atoms with van der Waals surface area (Å²) < 4.78 is 60.6. The largest absolute Gasteiger partial charge is 0.490 e. The first kappa shape index (κ1) is 25.8. The molecular weight excluding hydrogens is 483 g/mol. The number of fused-ring (bicyclic) bond motifs is 1. The number of aliphatic carboxylic acids is 1. The van der Waals surface area contributed by atoms with Gasteiger partial charge in [0, 0.05) is 32.4 Å². The highest BCUT2D eigenvalue weighted by Crippen LogP contribution is 2.26. The second kappa shape index (κ2) is 10.2. The molecule has 4 rings (SSSR count). The van der Waals surface area contributed by atoms with E-state index in [1.54, 1.807) is 18.3 Å². The van der Waals surface area contributed by atoms with Gasteiger partial charge in [0.05, 0.1) is 17.4 Å². The zero-order valence-electron chi connectivity index (χ0n) is 18.2. The highest BCUT2D eigenvalue weighted by Gasteiger charge is 2.38. The lowest BCUT2D eigenvalue weighted by Gasteiger charge is -2.30. The summed E-state index contributed by atoms with van der Waals surface area (Å²) in [6.07, 6.45) is -3.02. The minimum absolute atomic E-state index is 0.0336. The molecule has 1 amide bonds. The van der Waals surface area contributed by atoms with Crippen LogP contribution in [0.1, 0.15) is 35.4 Å². The Morgan fingerprint density at radius 1 is 1.26 bits per heavy atom. The van der Waals surface area contributed by atoms with Gasteiger partial charge in [-0.25, -0.2) is 23.1 Å². The molecule has 0 radical (unpaired) electrons. The summed E-state index contributed by atoms with van der Waals surface area (Å²) in [5.41, 5.74) is 6.34. The number of amides is 1. The van der Waals surface area contributed by atoms with Gasteiger partial charge >= 0.3 is 12.1 Å². The van der Waals surface area contributed by atoms with Gasteiger partial charge < -0.3 is 21.1 Å². The molecule has 1 aliphatic heterocycles. The molecule has 190 valence electrons. The lowest BCUT2D eigenvalue weighted by atomic mass is 10.1. The van der Waals surface area contributed by atoms with Crippen LogP contribution in [0.5, 0.6) is 0 Å². The Kier molecular flexibility index (Phi) is 7.52. The number of aryl methyl sites for hydroxylation is 1. The number of carbonyl (C=O) groups is 2. The SMILES string of the molecule is Cn1cc(NC(=O)c2ccc3cnc(N4CCC[C@@H](N)C4)nn23)c(C(F)F)n1.O=C(O)C(F)(F)F. The minimum atomic E-state index is -5.08. The fraction of sp³-hybridized carbons (Fsp3) is 0.421. The van der Waals surface area contributed by atoms with Crippen molar-refractivity contribution in [2.75, 3.05) is 23.3 Å². The molecule has 1 aliphatic rings. The number of hydrogen-bond donors (Lipinski definition) is 3. The van der Waals surface area contributed by atoms with E-state index in [0.717, 1.165) is 19.4 Å². The number of aromatic nitrogens is 5. The first-order chi connectivity index (χ1) is 16.4. The van der Waals surface area contributed by atoms with E-state index in [1.807, 2.05) is 4.90 Å². The average Bonchev–Trinajstić information content (AvgIpc) is 3.36. The van der Waals surface area contributed by atoms with E-state index in [1.165, 1.54) is 22.4 Å². The number of nitrogens with two attached hydrogens (primary N) is 1. The number of carboxylic acids is 1. The topological polar surface area (TPSA) is 144 Å². The van der Waals surface area contributed by atoms with E-state index >= 15 is 0 Å². The summed E-state index contributed by atoms with van der Waals surface area (Å²) >= 11 is 0. The predicted molar refractivity (Wildman–Crippen MR) is 112 cm³/mol. The number of anilines is 2. The highest BCUT2D eigenvalue weighted by atomic mass is 19.4. The second-order valence-electron chi connectivity index (χ2n) is 7.62. The zero-order chi connectivity index (χ0) is 25.9. The van der Waals surface area contributed by atoms with Gasteiger partial charge in [-0.05, 0) is 25.0 Å². The smallest absolute Gasteiger partial charge is 0.475 e. The van der Waals surface area contributed by atoms with Crippen LogP contribution in [0, 0.1) is 0 Å². The highest BCUT2D eigenvalue weighted by molar-refractivity contribution is 6.04. The lowest BCUT2D eigenvalue weighted by Crippen LogP contribution is -2.43. The Hall–Kier alpha value is -3.82. The molecule has 3 aromatic rings. The maximum atomic E-state index is 13.1. The Balaban J connectivity index is 0.000000429. The molecule has 16 heteroatoms. The van der Waals surface area contributed by atoms with Gasteiger partial charge in [-0.2, -0.15) is 18.3 Å². The lowest BCUT2D eigenvalue weighted by molar-refractivity contribution is -0.192. The fourth-order valence-electron chi connectivity index (χ4n) is 3.35. The summed E-state index contributed by atoms with van der Waals surface area (Å²) in [6.45, 7) is 1.43. The van der Waals surface area contributed by atoms with E-state index in [9.17, 15) is 26.7 Å². The molecule has 0 saturated carbocycles. The molecule has 1 atom stereocenters. The number of halogens is 5. The Bertz CT molecular complexity index is 1210. The average molecular weight is 504 g/mol. The van der Waals surface area contributed by atoms with Crippen molar-refractivity contribution in [1.82, 2.24) is 24.4 Å². The van der Waals surface area contributed by atoms with E-state index in [-0.39, 0.29) is 17.4 Å². The predicted octanol–water partition coefficient (Wildman–Crippen LogP) is 2.21. The van der Waals surface area contributed by atoms with E-state index < -0.39 is 30.2 Å². The molecule has 0 bridgehead atoms. The normalized spacial score (nSPS) is 16.2. The van der Waals surface area contributed by atoms with Crippen molar-refractivity contribution in [1.29, 1.82) is 0 Å². The summed E-state index contributed by atoms with van der Waals surface area (Å²) in [5.74, 6) is -2.84. The van der Waals surface area contributed by atoms with Crippen molar-refractivity contribution in [3.63, 3.8) is 0 Å². The Labute approximate surface area is 194 Å². The van der Waals surface area contributed by atoms with Gasteiger partial charge in [-0.15, -0.1) is 5.10 Å². The van der Waals surface area contributed by atoms with Gasteiger partial charge in [-0.3, -0.25) is 9.48 Å². The molecule has 35 heavy (non-hydrogen) atoms. The Morgan fingerprint density at radius 3 is 2.54 bits per heavy atom. The number of rotatable bonds is 4. The van der Waals surface area contributed by atoms with Crippen LogP contribution < -0.4 is 16.0 Å². The van der Waals surface area contributed by atoms with Crippen molar-refractivity contribution >= 4 is 29.0 Å². The van der Waals surface area contributed by atoms with Crippen LogP contribution in [0.4, 0.5) is 33.6 Å². The van der Waals surface area contributed by atoms with Gasteiger partial charge in [0.25, 0.3) is 12.3 Å². The summed E-state index contributed by atoms with van der Waals surface area (Å²) in [7, 11) is 1.51. The third-order valence-electron chi connectivity index (χ3n) is 4.91. The molecule has 0 aromatic carbocycles. The van der Waals surface area contributed by atoms with Gasteiger partial charge in [0.2, 0.25) is 5.95 Å². The van der Waals surface area contributed by atoms with Gasteiger partial charge in [-0.1, -0.05) is 0 Å². The number of hydrogen-bond acceptors (Lipinski definition) is 7. The third-order valence-corrected chi connectivity index (χ3v) is 4.91. The zero-order valence-corrected chi connectivity index (χ0v) is 18.2. The second-order valence-corrected chi connectivity index (χ2v) is 7.62. The summed E-state index contributed by atoms with van der Waals surface area (Å²) in [6, 6.07) is 3.32. The number of nitrogens with one attached hydrogen (secondary N) is 1. The third kappa shape index (κ3) is 6.20. The first-order valence-corrected chi connectivity index (χ1v) is 10.1. The molecule has 3 aromatic heterocycles. The molecule has 0 aliphatic carbocycles. The number of nitrogens with zero attached hydrogens (tertiary/aromatic N) is 6. The first-order valence-electron chi connectivity index (χ1n) is 10.1. The molecule has 0 spiro atoms. The summed E-state index contributed by atoms with van der Waals surface area (Å²) in [5, 5.41) is 17.8. The monoisotopic (exact) mass is 504 g/mol. The maximum absolute atomic E-state index is 13.1. The van der Waals surface area contributed by atoms with Gasteiger partial charge in [0.1, 0.15) is 5.69 Å². The van der Waals surface area contributed by atoms with Crippen LogP contribution >= 0.6 is 0 Å². The molecule has 1 saturated heterocycles. The fourth-order valence-corrected chi connectivity index (χ4v) is 3.35. The van der Waals surface area contributed by atoms with Crippen LogP contribution in [0.15, 0.2) is 24.5 Å². The molecule has 4 N–H and O–H groups in total. The number of alkyl halides is 5. The van der Waals surface area contributed by atoms with Crippen molar-refractivity contribution in [3.8, 4) is 0 Å². The molecule has 0 unspecified atom stereocenters.